The third-order valence-corrected chi connectivity index (χ3v) is 2.42. The molecule has 19 heavy (non-hydrogen) atoms. The van der Waals surface area contributed by atoms with Gasteiger partial charge in [-0.25, -0.2) is 0 Å². The number of nitrogen functional groups attached to an aromatic ring is 1. The number of benzene rings is 1. The number of nitrogens with one attached hydrogen (secondary N) is 1. The van der Waals surface area contributed by atoms with Crippen molar-refractivity contribution in [3.8, 4) is 11.5 Å². The molecule has 1 amide bonds. The van der Waals surface area contributed by atoms with Crippen LogP contribution in [0.15, 0.2) is 12.1 Å². The maximum atomic E-state index is 11.9. The van der Waals surface area contributed by atoms with E-state index in [1.807, 2.05) is 0 Å². The van der Waals surface area contributed by atoms with Gasteiger partial charge in [0.1, 0.15) is 6.54 Å². The number of anilines is 1. The minimum absolute atomic E-state index is 0.196. The molecule has 0 fully saturated rings. The van der Waals surface area contributed by atoms with E-state index in [1.165, 1.54) is 33.5 Å². The van der Waals surface area contributed by atoms with Gasteiger partial charge in [0.2, 0.25) is 0 Å². The molecule has 0 spiro atoms. The number of esters is 1. The van der Waals surface area contributed by atoms with Crippen molar-refractivity contribution >= 4 is 17.6 Å². The number of amides is 1. The lowest BCUT2D eigenvalue weighted by Crippen LogP contribution is -2.30. The summed E-state index contributed by atoms with van der Waals surface area (Å²) in [6.45, 7) is -0.233. The minimum atomic E-state index is -0.549. The lowest BCUT2D eigenvalue weighted by Gasteiger charge is -2.12. The van der Waals surface area contributed by atoms with Crippen molar-refractivity contribution in [1.82, 2.24) is 5.32 Å². The molecule has 0 aliphatic heterocycles. The summed E-state index contributed by atoms with van der Waals surface area (Å²) in [4.78, 5) is 22.8. The molecule has 104 valence electrons. The summed E-state index contributed by atoms with van der Waals surface area (Å²) >= 11 is 0. The molecule has 0 radical (unpaired) electrons. The number of ether oxygens (including phenoxy) is 3. The van der Waals surface area contributed by atoms with Crippen LogP contribution in [0.2, 0.25) is 0 Å². The van der Waals surface area contributed by atoms with Gasteiger partial charge < -0.3 is 25.3 Å². The Bertz CT molecular complexity index is 487. The van der Waals surface area contributed by atoms with Gasteiger partial charge in [0.05, 0.1) is 26.9 Å². The van der Waals surface area contributed by atoms with Gasteiger partial charge in [-0.2, -0.15) is 0 Å². The molecule has 0 saturated heterocycles. The van der Waals surface area contributed by atoms with Gasteiger partial charge in [0, 0.05) is 11.8 Å². The average Bonchev–Trinajstić information content (AvgIpc) is 2.43. The van der Waals surface area contributed by atoms with Crippen LogP contribution in [0.25, 0.3) is 0 Å². The molecule has 0 heterocycles. The highest BCUT2D eigenvalue weighted by Gasteiger charge is 2.15. The van der Waals surface area contributed by atoms with Crippen LogP contribution in [-0.2, 0) is 9.53 Å². The minimum Gasteiger partial charge on any atom is -0.493 e. The quantitative estimate of drug-likeness (QED) is 0.584. The summed E-state index contributed by atoms with van der Waals surface area (Å²) in [6.07, 6.45) is 0. The molecule has 0 aliphatic rings. The zero-order chi connectivity index (χ0) is 14.4. The summed E-state index contributed by atoms with van der Waals surface area (Å²) in [5.74, 6) is -0.249. The fourth-order valence-corrected chi connectivity index (χ4v) is 1.41. The van der Waals surface area contributed by atoms with Crippen LogP contribution in [0, 0.1) is 0 Å². The zero-order valence-corrected chi connectivity index (χ0v) is 11.0. The highest BCUT2D eigenvalue weighted by Crippen LogP contribution is 2.31. The normalized spacial score (nSPS) is 9.63. The molecule has 7 nitrogen and oxygen atoms in total. The van der Waals surface area contributed by atoms with Gasteiger partial charge >= 0.3 is 5.97 Å². The third-order valence-electron chi connectivity index (χ3n) is 2.42. The molecule has 0 aliphatic carbocycles. The fraction of sp³-hybridized carbons (Fsp3) is 0.333. The molecule has 0 atom stereocenters. The van der Waals surface area contributed by atoms with E-state index in [-0.39, 0.29) is 17.8 Å². The molecule has 1 aromatic carbocycles. The van der Waals surface area contributed by atoms with Crippen molar-refractivity contribution in [3.63, 3.8) is 0 Å². The third kappa shape index (κ3) is 3.51. The maximum absolute atomic E-state index is 11.9. The van der Waals surface area contributed by atoms with Crippen molar-refractivity contribution in [2.45, 2.75) is 0 Å². The Hall–Kier alpha value is -2.44. The van der Waals surface area contributed by atoms with Gasteiger partial charge in [-0.3, -0.25) is 9.59 Å². The summed E-state index contributed by atoms with van der Waals surface area (Å²) in [6, 6.07) is 2.92. The first-order valence-corrected chi connectivity index (χ1v) is 5.40. The number of carbonyl (C=O) groups excluding carboxylic acids is 2. The zero-order valence-electron chi connectivity index (χ0n) is 11.0. The highest BCUT2D eigenvalue weighted by atomic mass is 16.5. The monoisotopic (exact) mass is 268 g/mol. The predicted molar refractivity (Wildman–Crippen MR) is 68.3 cm³/mol. The molecule has 1 rings (SSSR count). The SMILES string of the molecule is COC(=O)CNC(=O)c1cc(OC)c(OC)cc1N. The lowest BCUT2D eigenvalue weighted by atomic mass is 10.1. The number of methoxy groups -OCH3 is 3. The maximum Gasteiger partial charge on any atom is 0.325 e. The summed E-state index contributed by atoms with van der Waals surface area (Å²) in [5, 5.41) is 2.39. The number of rotatable bonds is 5. The largest absolute Gasteiger partial charge is 0.493 e. The molecule has 0 unspecified atom stereocenters. The van der Waals surface area contributed by atoms with Crippen molar-refractivity contribution in [1.29, 1.82) is 0 Å². The van der Waals surface area contributed by atoms with E-state index < -0.39 is 11.9 Å². The average molecular weight is 268 g/mol. The van der Waals surface area contributed by atoms with Crippen LogP contribution in [0.1, 0.15) is 10.4 Å². The Labute approximate surface area is 110 Å². The first kappa shape index (κ1) is 14.6. The topological polar surface area (TPSA) is 99.9 Å². The Morgan fingerprint density at radius 3 is 2.26 bits per heavy atom. The summed E-state index contributed by atoms with van der Waals surface area (Å²) in [5.41, 5.74) is 6.17. The van der Waals surface area contributed by atoms with Crippen LogP contribution < -0.4 is 20.5 Å². The first-order chi connectivity index (χ1) is 9.03. The van der Waals surface area contributed by atoms with Crippen molar-refractivity contribution in [3.05, 3.63) is 17.7 Å². The van der Waals surface area contributed by atoms with Crippen molar-refractivity contribution in [2.24, 2.45) is 0 Å². The lowest BCUT2D eigenvalue weighted by molar-refractivity contribution is -0.139. The summed E-state index contributed by atoms with van der Waals surface area (Å²) in [7, 11) is 4.15. The van der Waals surface area contributed by atoms with Gasteiger partial charge in [-0.05, 0) is 6.07 Å². The molecule has 7 heteroatoms. The molecule has 0 bridgehead atoms. The number of hydrogen-bond donors (Lipinski definition) is 2. The van der Waals surface area contributed by atoms with E-state index in [0.717, 1.165) is 0 Å². The number of carbonyl (C=O) groups is 2. The van der Waals surface area contributed by atoms with Crippen LogP contribution in [0.3, 0.4) is 0 Å². The predicted octanol–water partition coefficient (Wildman–Crippen LogP) is 0.189. The van der Waals surface area contributed by atoms with Crippen molar-refractivity contribution < 1.29 is 23.8 Å². The number of nitrogens with two attached hydrogens (primary N) is 1. The molecule has 1 aromatic rings. The van der Waals surface area contributed by atoms with E-state index in [4.69, 9.17) is 15.2 Å². The van der Waals surface area contributed by atoms with Gasteiger partial charge in [0.25, 0.3) is 5.91 Å². The van der Waals surface area contributed by atoms with Gasteiger partial charge in [0.15, 0.2) is 11.5 Å². The van der Waals surface area contributed by atoms with E-state index in [0.29, 0.717) is 11.5 Å². The second-order valence-corrected chi connectivity index (χ2v) is 3.55. The molecule has 3 N–H and O–H groups in total. The smallest absolute Gasteiger partial charge is 0.325 e. The Balaban J connectivity index is 2.93. The van der Waals surface area contributed by atoms with E-state index in [2.05, 4.69) is 10.1 Å². The van der Waals surface area contributed by atoms with Gasteiger partial charge in [-0.1, -0.05) is 0 Å². The Morgan fingerprint density at radius 1 is 1.16 bits per heavy atom. The second-order valence-electron chi connectivity index (χ2n) is 3.55. The second kappa shape index (κ2) is 6.48. The van der Waals surface area contributed by atoms with Crippen molar-refractivity contribution in [2.75, 3.05) is 33.6 Å². The Morgan fingerprint density at radius 2 is 1.74 bits per heavy atom. The molecular formula is C12H16N2O5. The number of hydrogen-bond acceptors (Lipinski definition) is 6. The fourth-order valence-electron chi connectivity index (χ4n) is 1.41. The first-order valence-electron chi connectivity index (χ1n) is 5.40. The van der Waals surface area contributed by atoms with Crippen LogP contribution in [0.5, 0.6) is 11.5 Å². The molecule has 0 saturated carbocycles. The van der Waals surface area contributed by atoms with Crippen LogP contribution in [-0.4, -0.2) is 39.8 Å². The van der Waals surface area contributed by atoms with E-state index >= 15 is 0 Å². The van der Waals surface area contributed by atoms with E-state index in [1.54, 1.807) is 0 Å². The van der Waals surface area contributed by atoms with E-state index in [9.17, 15) is 9.59 Å². The molecule has 0 aromatic heterocycles. The Kier molecular flexibility index (Phi) is 4.99. The molecular weight excluding hydrogens is 252 g/mol. The van der Waals surface area contributed by atoms with Crippen LogP contribution in [0.4, 0.5) is 5.69 Å². The highest BCUT2D eigenvalue weighted by molar-refractivity contribution is 6.01. The summed E-state index contributed by atoms with van der Waals surface area (Å²) < 4.78 is 14.6. The van der Waals surface area contributed by atoms with Crippen LogP contribution >= 0.6 is 0 Å². The standard InChI is InChI=1S/C12H16N2O5/c1-17-9-4-7(8(13)5-10(9)18-2)12(16)14-6-11(15)19-3/h4-5H,6,13H2,1-3H3,(H,14,16). The van der Waals surface area contributed by atoms with Gasteiger partial charge in [-0.15, -0.1) is 0 Å².